The Morgan fingerprint density at radius 3 is 2.60 bits per heavy atom. The molecule has 0 aliphatic carbocycles. The second kappa shape index (κ2) is 2.23. The molecule has 1 aromatic heterocycles. The smallest absolute Gasteiger partial charge is 0.148 e. The van der Waals surface area contributed by atoms with Crippen LogP contribution in [-0.2, 0) is 0 Å². The summed E-state index contributed by atoms with van der Waals surface area (Å²) in [7, 11) is 0. The first-order valence-electron chi connectivity index (χ1n) is 2.66. The molecule has 50 valence electrons. The van der Waals surface area contributed by atoms with Crippen LogP contribution in [0.3, 0.4) is 0 Å². The maximum atomic E-state index is 8.34. The average Bonchev–Trinajstić information content (AvgIpc) is 1.95. The minimum Gasteiger partial charge on any atom is -0.396 e. The topological polar surface area (TPSA) is 88.7 Å². The minimum atomic E-state index is 0.207. The van der Waals surface area contributed by atoms with Gasteiger partial charge in [-0.05, 0) is 12.1 Å². The molecule has 4 nitrogen and oxygen atoms in total. The van der Waals surface area contributed by atoms with Gasteiger partial charge in [0.1, 0.15) is 17.6 Å². The quantitative estimate of drug-likeness (QED) is 0.527. The third-order valence-electron chi connectivity index (χ3n) is 1.07. The highest BCUT2D eigenvalue weighted by atomic mass is 14.9. The Labute approximate surface area is 58.1 Å². The first-order valence-corrected chi connectivity index (χ1v) is 2.66. The predicted octanol–water partition coefficient (Wildman–Crippen LogP) is 0.118. The molecule has 0 aliphatic heterocycles. The van der Waals surface area contributed by atoms with Crippen molar-refractivity contribution >= 4 is 11.5 Å². The van der Waals surface area contributed by atoms with Crippen LogP contribution in [-0.4, -0.2) is 4.98 Å². The van der Waals surface area contributed by atoms with Gasteiger partial charge in [0.25, 0.3) is 0 Å². The van der Waals surface area contributed by atoms with Crippen LogP contribution in [0.5, 0.6) is 0 Å². The summed E-state index contributed by atoms with van der Waals surface area (Å²) >= 11 is 0. The van der Waals surface area contributed by atoms with Gasteiger partial charge in [-0.25, -0.2) is 4.98 Å². The summed E-state index contributed by atoms with van der Waals surface area (Å²) in [6, 6.07) is 4.92. The van der Waals surface area contributed by atoms with Gasteiger partial charge in [-0.15, -0.1) is 0 Å². The highest BCUT2D eigenvalue weighted by Gasteiger charge is 1.95. The van der Waals surface area contributed by atoms with Gasteiger partial charge in [0.2, 0.25) is 0 Å². The van der Waals surface area contributed by atoms with Crippen molar-refractivity contribution in [3.05, 3.63) is 17.8 Å². The summed E-state index contributed by atoms with van der Waals surface area (Å²) in [4.78, 5) is 3.68. The number of nitriles is 1. The molecular weight excluding hydrogens is 128 g/mol. The molecule has 10 heavy (non-hydrogen) atoms. The van der Waals surface area contributed by atoms with E-state index in [9.17, 15) is 0 Å². The molecule has 0 bridgehead atoms. The van der Waals surface area contributed by atoms with E-state index in [0.717, 1.165) is 0 Å². The lowest BCUT2D eigenvalue weighted by Crippen LogP contribution is -1.98. The van der Waals surface area contributed by atoms with E-state index in [1.54, 1.807) is 6.07 Å². The number of aromatic nitrogens is 1. The Hall–Kier alpha value is -1.76. The van der Waals surface area contributed by atoms with Crippen LogP contribution in [0.15, 0.2) is 12.1 Å². The van der Waals surface area contributed by atoms with Crippen LogP contribution in [0, 0.1) is 11.3 Å². The number of hydrogen-bond donors (Lipinski definition) is 2. The van der Waals surface area contributed by atoms with Crippen LogP contribution in [0.4, 0.5) is 11.5 Å². The molecule has 0 spiro atoms. The van der Waals surface area contributed by atoms with Crippen LogP contribution >= 0.6 is 0 Å². The molecule has 1 rings (SSSR count). The lowest BCUT2D eigenvalue weighted by molar-refractivity contribution is 1.28. The van der Waals surface area contributed by atoms with E-state index >= 15 is 0 Å². The molecule has 4 N–H and O–H groups in total. The van der Waals surface area contributed by atoms with Crippen molar-refractivity contribution in [1.82, 2.24) is 4.98 Å². The monoisotopic (exact) mass is 134 g/mol. The lowest BCUT2D eigenvalue weighted by atomic mass is 10.3. The van der Waals surface area contributed by atoms with Gasteiger partial charge in [0.05, 0.1) is 5.69 Å². The van der Waals surface area contributed by atoms with E-state index in [2.05, 4.69) is 4.98 Å². The highest BCUT2D eigenvalue weighted by Crippen LogP contribution is 2.09. The third kappa shape index (κ3) is 0.977. The van der Waals surface area contributed by atoms with Crippen LogP contribution in [0.2, 0.25) is 0 Å². The van der Waals surface area contributed by atoms with E-state index in [4.69, 9.17) is 16.7 Å². The minimum absolute atomic E-state index is 0.207. The number of hydrogen-bond acceptors (Lipinski definition) is 4. The Morgan fingerprint density at radius 1 is 1.40 bits per heavy atom. The number of nitrogen functional groups attached to an aromatic ring is 2. The number of nitrogens with zero attached hydrogens (tertiary/aromatic N) is 2. The highest BCUT2D eigenvalue weighted by molar-refractivity contribution is 5.58. The second-order valence-electron chi connectivity index (χ2n) is 1.78. The summed E-state index contributed by atoms with van der Waals surface area (Å²) in [5, 5.41) is 8.34. The van der Waals surface area contributed by atoms with Crippen molar-refractivity contribution in [3.8, 4) is 6.07 Å². The largest absolute Gasteiger partial charge is 0.396 e. The summed E-state index contributed by atoms with van der Waals surface area (Å²) in [5.41, 5.74) is 11.3. The van der Waals surface area contributed by atoms with Crippen molar-refractivity contribution in [2.24, 2.45) is 0 Å². The summed E-state index contributed by atoms with van der Waals surface area (Å²) in [6.45, 7) is 0. The standard InChI is InChI=1S/C6H6N4/c7-3-4-1-2-5(8)6(9)10-4/h1-2H,8H2,(H2,9,10). The Bertz CT molecular complexity index is 286. The van der Waals surface area contributed by atoms with Crippen molar-refractivity contribution < 1.29 is 0 Å². The Kier molecular flexibility index (Phi) is 1.42. The molecule has 0 fully saturated rings. The van der Waals surface area contributed by atoms with E-state index in [-0.39, 0.29) is 11.5 Å². The fourth-order valence-corrected chi connectivity index (χ4v) is 0.548. The molecule has 0 radical (unpaired) electrons. The van der Waals surface area contributed by atoms with Crippen LogP contribution in [0.1, 0.15) is 5.69 Å². The van der Waals surface area contributed by atoms with Crippen LogP contribution < -0.4 is 11.5 Å². The molecule has 0 atom stereocenters. The molecular formula is C6H6N4. The molecule has 4 heteroatoms. The van der Waals surface area contributed by atoms with Crippen molar-refractivity contribution in [1.29, 1.82) is 5.26 Å². The molecule has 1 heterocycles. The normalized spacial score (nSPS) is 8.70. The lowest BCUT2D eigenvalue weighted by Gasteiger charge is -1.95. The fourth-order valence-electron chi connectivity index (χ4n) is 0.548. The van der Waals surface area contributed by atoms with Crippen LogP contribution in [0.25, 0.3) is 0 Å². The van der Waals surface area contributed by atoms with E-state index < -0.39 is 0 Å². The van der Waals surface area contributed by atoms with Gasteiger partial charge in [0, 0.05) is 0 Å². The average molecular weight is 134 g/mol. The molecule has 0 saturated carbocycles. The van der Waals surface area contributed by atoms with E-state index in [0.29, 0.717) is 5.69 Å². The molecule has 0 aliphatic rings. The number of anilines is 2. The molecule has 0 amide bonds. The SMILES string of the molecule is N#Cc1ccc(N)c(N)n1. The Balaban J connectivity index is 3.20. The van der Waals surface area contributed by atoms with Crippen molar-refractivity contribution in [2.75, 3.05) is 11.5 Å². The van der Waals surface area contributed by atoms with Crippen molar-refractivity contribution in [3.63, 3.8) is 0 Å². The first-order chi connectivity index (χ1) is 4.74. The van der Waals surface area contributed by atoms with Gasteiger partial charge < -0.3 is 11.5 Å². The fraction of sp³-hybridized carbons (Fsp3) is 0. The summed E-state index contributed by atoms with van der Waals surface area (Å²) in [5.74, 6) is 0.207. The zero-order valence-electron chi connectivity index (χ0n) is 5.20. The number of pyridine rings is 1. The van der Waals surface area contributed by atoms with E-state index in [1.165, 1.54) is 6.07 Å². The molecule has 0 aromatic carbocycles. The summed E-state index contributed by atoms with van der Waals surface area (Å²) in [6.07, 6.45) is 0. The zero-order valence-corrected chi connectivity index (χ0v) is 5.20. The third-order valence-corrected chi connectivity index (χ3v) is 1.07. The number of nitrogens with two attached hydrogens (primary N) is 2. The van der Waals surface area contributed by atoms with Gasteiger partial charge >= 0.3 is 0 Å². The van der Waals surface area contributed by atoms with Gasteiger partial charge in [-0.3, -0.25) is 0 Å². The van der Waals surface area contributed by atoms with E-state index in [1.807, 2.05) is 6.07 Å². The van der Waals surface area contributed by atoms with Gasteiger partial charge in [-0.2, -0.15) is 5.26 Å². The Morgan fingerprint density at radius 2 is 2.10 bits per heavy atom. The molecule has 0 unspecified atom stereocenters. The van der Waals surface area contributed by atoms with Gasteiger partial charge in [0.15, 0.2) is 0 Å². The molecule has 1 aromatic rings. The first kappa shape index (κ1) is 6.36. The molecule has 0 saturated heterocycles. The summed E-state index contributed by atoms with van der Waals surface area (Å²) < 4.78 is 0. The van der Waals surface area contributed by atoms with Gasteiger partial charge in [-0.1, -0.05) is 0 Å². The zero-order chi connectivity index (χ0) is 7.56. The van der Waals surface area contributed by atoms with Crippen molar-refractivity contribution in [2.45, 2.75) is 0 Å². The maximum Gasteiger partial charge on any atom is 0.148 e. The number of rotatable bonds is 0. The maximum absolute atomic E-state index is 8.34. The predicted molar refractivity (Wildman–Crippen MR) is 37.8 cm³/mol. The second-order valence-corrected chi connectivity index (χ2v) is 1.78.